The van der Waals surface area contributed by atoms with Gasteiger partial charge < -0.3 is 9.64 Å². The second-order valence-electron chi connectivity index (χ2n) is 3.93. The van der Waals surface area contributed by atoms with Crippen LogP contribution < -0.4 is 0 Å². The van der Waals surface area contributed by atoms with Gasteiger partial charge in [0.2, 0.25) is 0 Å². The summed E-state index contributed by atoms with van der Waals surface area (Å²) in [6.45, 7) is 0. The van der Waals surface area contributed by atoms with Crippen LogP contribution in [0.3, 0.4) is 0 Å². The highest BCUT2D eigenvalue weighted by Crippen LogP contribution is 2.26. The summed E-state index contributed by atoms with van der Waals surface area (Å²) in [4.78, 5) is 13.2. The maximum Gasteiger partial charge on any atom is 0.307 e. The highest BCUT2D eigenvalue weighted by Gasteiger charge is 2.19. The fourth-order valence-corrected chi connectivity index (χ4v) is 1.75. The Hall–Kier alpha value is -1.13. The van der Waals surface area contributed by atoms with E-state index in [-0.39, 0.29) is 23.5 Å². The van der Waals surface area contributed by atoms with Crippen LogP contribution in [0.25, 0.3) is 0 Å². The van der Waals surface area contributed by atoms with Gasteiger partial charge in [-0.15, -0.1) is 0 Å². The second-order valence-corrected chi connectivity index (χ2v) is 4.34. The minimum atomic E-state index is -0.467. The molecule has 1 aromatic rings. The fourth-order valence-electron chi connectivity index (χ4n) is 1.56. The van der Waals surface area contributed by atoms with Gasteiger partial charge in [0.1, 0.15) is 5.82 Å². The van der Waals surface area contributed by atoms with E-state index < -0.39 is 5.82 Å². The molecular weight excluding hydrogens is 245 g/mol. The van der Waals surface area contributed by atoms with E-state index in [4.69, 9.17) is 11.6 Å². The zero-order valence-corrected chi connectivity index (χ0v) is 10.8. The third kappa shape index (κ3) is 3.68. The average molecular weight is 260 g/mol. The summed E-state index contributed by atoms with van der Waals surface area (Å²) in [6.07, 6.45) is 0.200. The molecule has 0 N–H and O–H groups in total. The Morgan fingerprint density at radius 1 is 1.53 bits per heavy atom. The van der Waals surface area contributed by atoms with Gasteiger partial charge >= 0.3 is 5.97 Å². The minimum absolute atomic E-state index is 0.0548. The third-order valence-electron chi connectivity index (χ3n) is 2.54. The largest absolute Gasteiger partial charge is 0.469 e. The topological polar surface area (TPSA) is 29.5 Å². The Kier molecular flexibility index (Phi) is 4.90. The van der Waals surface area contributed by atoms with Crippen molar-refractivity contribution >= 4 is 17.6 Å². The first kappa shape index (κ1) is 13.9. The van der Waals surface area contributed by atoms with Gasteiger partial charge in [-0.05, 0) is 31.8 Å². The third-order valence-corrected chi connectivity index (χ3v) is 2.83. The number of esters is 1. The molecule has 1 unspecified atom stereocenters. The van der Waals surface area contributed by atoms with Crippen LogP contribution in [0.4, 0.5) is 4.39 Å². The van der Waals surface area contributed by atoms with Crippen LogP contribution in [0.5, 0.6) is 0 Å². The van der Waals surface area contributed by atoms with Crippen LogP contribution in [0.15, 0.2) is 18.2 Å². The molecule has 0 radical (unpaired) electrons. The summed E-state index contributed by atoms with van der Waals surface area (Å²) < 4.78 is 17.7. The van der Waals surface area contributed by atoms with Gasteiger partial charge in [0.25, 0.3) is 0 Å². The summed E-state index contributed by atoms with van der Waals surface area (Å²) in [5.74, 6) is -0.782. The lowest BCUT2D eigenvalue weighted by Gasteiger charge is -2.23. The number of halogens is 2. The number of ether oxygens (including phenoxy) is 1. The lowest BCUT2D eigenvalue weighted by atomic mass is 10.0. The zero-order valence-electron chi connectivity index (χ0n) is 10.0. The van der Waals surface area contributed by atoms with Crippen molar-refractivity contribution in [3.05, 3.63) is 34.6 Å². The monoisotopic (exact) mass is 259 g/mol. The highest BCUT2D eigenvalue weighted by molar-refractivity contribution is 6.30. The molecule has 0 spiro atoms. The fraction of sp³-hybridized carbons (Fsp3) is 0.417. The van der Waals surface area contributed by atoms with Crippen LogP contribution in [0.1, 0.15) is 18.0 Å². The summed E-state index contributed by atoms with van der Waals surface area (Å²) in [7, 11) is 5.02. The first-order valence-electron chi connectivity index (χ1n) is 5.14. The number of hydrogen-bond donors (Lipinski definition) is 0. The van der Waals surface area contributed by atoms with Crippen molar-refractivity contribution in [3.63, 3.8) is 0 Å². The number of benzene rings is 1. The van der Waals surface area contributed by atoms with Crippen molar-refractivity contribution < 1.29 is 13.9 Å². The molecule has 0 aliphatic heterocycles. The molecule has 5 heteroatoms. The van der Waals surface area contributed by atoms with Crippen molar-refractivity contribution in [2.24, 2.45) is 0 Å². The molecule has 3 nitrogen and oxygen atoms in total. The van der Waals surface area contributed by atoms with E-state index in [1.807, 2.05) is 19.0 Å². The molecule has 94 valence electrons. The lowest BCUT2D eigenvalue weighted by Crippen LogP contribution is -2.23. The molecule has 0 aliphatic rings. The van der Waals surface area contributed by atoms with E-state index in [2.05, 4.69) is 4.74 Å². The van der Waals surface area contributed by atoms with Crippen LogP contribution in [0, 0.1) is 5.82 Å². The smallest absolute Gasteiger partial charge is 0.307 e. The number of methoxy groups -OCH3 is 1. The van der Waals surface area contributed by atoms with Crippen molar-refractivity contribution in [3.8, 4) is 0 Å². The molecule has 0 heterocycles. The molecule has 0 aromatic heterocycles. The Bertz CT molecular complexity index is 409. The van der Waals surface area contributed by atoms with Crippen molar-refractivity contribution in [2.75, 3.05) is 21.2 Å². The maximum atomic E-state index is 13.1. The summed E-state index contributed by atoms with van der Waals surface area (Å²) >= 11 is 5.72. The molecule has 0 bridgehead atoms. The Labute approximate surface area is 105 Å². The molecule has 1 rings (SSSR count). The van der Waals surface area contributed by atoms with Gasteiger partial charge in [-0.3, -0.25) is 4.79 Å². The Morgan fingerprint density at radius 3 is 2.65 bits per heavy atom. The first-order chi connectivity index (χ1) is 7.95. The quantitative estimate of drug-likeness (QED) is 0.779. The predicted molar refractivity (Wildman–Crippen MR) is 64.5 cm³/mol. The van der Waals surface area contributed by atoms with E-state index in [1.165, 1.54) is 19.2 Å². The minimum Gasteiger partial charge on any atom is -0.469 e. The van der Waals surface area contributed by atoms with E-state index in [9.17, 15) is 9.18 Å². The van der Waals surface area contributed by atoms with Gasteiger partial charge in [0.05, 0.1) is 18.6 Å². The molecule has 0 fully saturated rings. The Morgan fingerprint density at radius 2 is 2.18 bits per heavy atom. The van der Waals surface area contributed by atoms with Crippen LogP contribution in [-0.2, 0) is 9.53 Å². The van der Waals surface area contributed by atoms with E-state index in [0.717, 1.165) is 5.56 Å². The SMILES string of the molecule is COC(=O)CC(c1ccc(F)c(Cl)c1)N(C)C. The molecule has 0 saturated carbocycles. The van der Waals surface area contributed by atoms with Crippen molar-refractivity contribution in [1.29, 1.82) is 0 Å². The van der Waals surface area contributed by atoms with Gasteiger partial charge in [0, 0.05) is 6.04 Å². The maximum absolute atomic E-state index is 13.1. The second kappa shape index (κ2) is 5.98. The van der Waals surface area contributed by atoms with Gasteiger partial charge in [-0.25, -0.2) is 4.39 Å². The number of rotatable bonds is 4. The standard InChI is InChI=1S/C12H15ClFNO2/c1-15(2)11(7-12(16)17-3)8-4-5-10(14)9(13)6-8/h4-6,11H,7H2,1-3H3. The van der Waals surface area contributed by atoms with Crippen LogP contribution in [-0.4, -0.2) is 32.1 Å². The Balaban J connectivity index is 2.97. The number of nitrogens with zero attached hydrogens (tertiary/aromatic N) is 1. The average Bonchev–Trinajstić information content (AvgIpc) is 2.29. The molecule has 1 atom stereocenters. The molecular formula is C12H15ClFNO2. The lowest BCUT2D eigenvalue weighted by molar-refractivity contribution is -0.141. The van der Waals surface area contributed by atoms with Crippen LogP contribution >= 0.6 is 11.6 Å². The summed E-state index contributed by atoms with van der Waals surface area (Å²) in [5.41, 5.74) is 0.784. The first-order valence-corrected chi connectivity index (χ1v) is 5.51. The van der Waals surface area contributed by atoms with Gasteiger partial charge in [0.15, 0.2) is 0 Å². The number of carbonyl (C=O) groups is 1. The summed E-state index contributed by atoms with van der Waals surface area (Å²) in [6, 6.07) is 4.27. The molecule has 1 aromatic carbocycles. The van der Waals surface area contributed by atoms with E-state index in [0.29, 0.717) is 0 Å². The van der Waals surface area contributed by atoms with Gasteiger partial charge in [-0.2, -0.15) is 0 Å². The van der Waals surface area contributed by atoms with Crippen molar-refractivity contribution in [2.45, 2.75) is 12.5 Å². The zero-order chi connectivity index (χ0) is 13.0. The number of carbonyl (C=O) groups excluding carboxylic acids is 1. The molecule has 0 amide bonds. The molecule has 0 saturated heterocycles. The molecule has 17 heavy (non-hydrogen) atoms. The normalized spacial score (nSPS) is 12.6. The summed E-state index contributed by atoms with van der Waals surface area (Å²) in [5, 5.41) is 0.0548. The van der Waals surface area contributed by atoms with Crippen molar-refractivity contribution in [1.82, 2.24) is 4.90 Å². The number of hydrogen-bond acceptors (Lipinski definition) is 3. The van der Waals surface area contributed by atoms with E-state index >= 15 is 0 Å². The van der Waals surface area contributed by atoms with E-state index in [1.54, 1.807) is 6.07 Å². The van der Waals surface area contributed by atoms with Gasteiger partial charge in [-0.1, -0.05) is 17.7 Å². The molecule has 0 aliphatic carbocycles. The predicted octanol–water partition coefficient (Wildman–Crippen LogP) is 2.64. The highest BCUT2D eigenvalue weighted by atomic mass is 35.5. The van der Waals surface area contributed by atoms with Crippen LogP contribution in [0.2, 0.25) is 5.02 Å².